The zero-order chi connectivity index (χ0) is 12.4. The highest BCUT2D eigenvalue weighted by Gasteiger charge is 2.35. The Balaban J connectivity index is 2.27. The van der Waals surface area contributed by atoms with Crippen LogP contribution in [0.3, 0.4) is 0 Å². The molecule has 1 aliphatic heterocycles. The molecule has 1 unspecified atom stereocenters. The summed E-state index contributed by atoms with van der Waals surface area (Å²) in [6.45, 7) is 2.13. The maximum Gasteiger partial charge on any atom is 0.340 e. The summed E-state index contributed by atoms with van der Waals surface area (Å²) in [5.74, 6) is -0.195. The number of benzene rings is 1. The van der Waals surface area contributed by atoms with Gasteiger partial charge >= 0.3 is 5.97 Å². The third kappa shape index (κ3) is 2.32. The van der Waals surface area contributed by atoms with E-state index in [-0.39, 0.29) is 17.8 Å². The molecule has 1 aromatic carbocycles. The molecule has 92 valence electrons. The van der Waals surface area contributed by atoms with Crippen LogP contribution in [0.4, 0.5) is 0 Å². The van der Waals surface area contributed by atoms with E-state index >= 15 is 0 Å². The first-order valence-electron chi connectivity index (χ1n) is 5.87. The number of unbranched alkanes of at least 4 members (excludes halogenated alkanes) is 2. The summed E-state index contributed by atoms with van der Waals surface area (Å²) >= 11 is 3.32. The quantitative estimate of drug-likeness (QED) is 0.676. The van der Waals surface area contributed by atoms with Gasteiger partial charge in [-0.2, -0.15) is 0 Å². The van der Waals surface area contributed by atoms with Gasteiger partial charge in [0.25, 0.3) is 0 Å². The lowest BCUT2D eigenvalue weighted by molar-refractivity contribution is 0.0360. The van der Waals surface area contributed by atoms with Gasteiger partial charge in [0.2, 0.25) is 0 Å². The second kappa shape index (κ2) is 5.08. The third-order valence-corrected chi connectivity index (χ3v) is 3.68. The molecule has 0 aromatic heterocycles. The lowest BCUT2D eigenvalue weighted by Gasteiger charge is -2.11. The second-order valence-electron chi connectivity index (χ2n) is 4.24. The average molecular weight is 299 g/mol. The topological polar surface area (TPSA) is 46.5 Å². The summed E-state index contributed by atoms with van der Waals surface area (Å²) in [6, 6.07) is 3.27. The van der Waals surface area contributed by atoms with Crippen LogP contribution in [-0.2, 0) is 4.74 Å². The van der Waals surface area contributed by atoms with Gasteiger partial charge in [0, 0.05) is 10.0 Å². The monoisotopic (exact) mass is 298 g/mol. The first-order chi connectivity index (χ1) is 8.15. The molecule has 0 bridgehead atoms. The van der Waals surface area contributed by atoms with E-state index in [2.05, 4.69) is 22.9 Å². The van der Waals surface area contributed by atoms with E-state index < -0.39 is 0 Å². The molecule has 1 aromatic rings. The smallest absolute Gasteiger partial charge is 0.340 e. The zero-order valence-electron chi connectivity index (χ0n) is 9.70. The predicted octanol–water partition coefficient (Wildman–Crippen LogP) is 3.95. The van der Waals surface area contributed by atoms with E-state index in [0.29, 0.717) is 15.6 Å². The third-order valence-electron chi connectivity index (χ3n) is 3.02. The van der Waals surface area contributed by atoms with E-state index in [1.165, 1.54) is 0 Å². The van der Waals surface area contributed by atoms with Crippen molar-refractivity contribution in [3.05, 3.63) is 27.7 Å². The normalized spacial score (nSPS) is 18.0. The van der Waals surface area contributed by atoms with Crippen LogP contribution in [0, 0.1) is 0 Å². The number of carbonyl (C=O) groups excluding carboxylic acids is 1. The van der Waals surface area contributed by atoms with Crippen LogP contribution < -0.4 is 0 Å². The van der Waals surface area contributed by atoms with Gasteiger partial charge in [0.05, 0.1) is 5.56 Å². The molecule has 0 radical (unpaired) electrons. The molecule has 0 spiro atoms. The lowest BCUT2D eigenvalue weighted by Crippen LogP contribution is -1.98. The molecule has 1 heterocycles. The highest BCUT2D eigenvalue weighted by atomic mass is 79.9. The lowest BCUT2D eigenvalue weighted by atomic mass is 9.99. The zero-order valence-corrected chi connectivity index (χ0v) is 11.3. The summed E-state index contributed by atoms with van der Waals surface area (Å²) in [5.41, 5.74) is 1.12. The number of aromatic hydroxyl groups is 1. The van der Waals surface area contributed by atoms with Crippen molar-refractivity contribution in [2.45, 2.75) is 38.7 Å². The van der Waals surface area contributed by atoms with Crippen LogP contribution in [0.1, 0.15) is 54.6 Å². The van der Waals surface area contributed by atoms with Crippen LogP contribution in [0.5, 0.6) is 5.75 Å². The van der Waals surface area contributed by atoms with Gasteiger partial charge < -0.3 is 9.84 Å². The maximum atomic E-state index is 11.7. The van der Waals surface area contributed by atoms with E-state index in [1.54, 1.807) is 12.1 Å². The van der Waals surface area contributed by atoms with Crippen LogP contribution in [0.15, 0.2) is 16.6 Å². The number of esters is 1. The molecule has 17 heavy (non-hydrogen) atoms. The largest absolute Gasteiger partial charge is 0.507 e. The molecule has 0 amide bonds. The average Bonchev–Trinajstić information content (AvgIpc) is 2.63. The fourth-order valence-corrected chi connectivity index (χ4v) is 2.65. The van der Waals surface area contributed by atoms with Gasteiger partial charge in [-0.05, 0) is 40.9 Å². The van der Waals surface area contributed by atoms with Crippen molar-refractivity contribution in [2.24, 2.45) is 0 Å². The van der Waals surface area contributed by atoms with E-state index in [0.717, 1.165) is 25.7 Å². The van der Waals surface area contributed by atoms with Crippen LogP contribution in [0.2, 0.25) is 0 Å². The minimum absolute atomic E-state index is 0.149. The van der Waals surface area contributed by atoms with Gasteiger partial charge in [-0.3, -0.25) is 0 Å². The summed E-state index contributed by atoms with van der Waals surface area (Å²) in [5, 5.41) is 9.85. The van der Waals surface area contributed by atoms with Crippen molar-refractivity contribution in [3.8, 4) is 5.75 Å². The van der Waals surface area contributed by atoms with Gasteiger partial charge in [-0.25, -0.2) is 4.79 Å². The number of cyclic esters (lactones) is 1. The maximum absolute atomic E-state index is 11.7. The minimum Gasteiger partial charge on any atom is -0.507 e. The fraction of sp³-hybridized carbons (Fsp3) is 0.462. The summed E-state index contributed by atoms with van der Waals surface area (Å²) in [4.78, 5) is 11.7. The standard InChI is InChI=1S/C13H15BrO3/c1-2-3-4-5-10-12-9(15)7-6-8(14)11(12)13(16)17-10/h6-7,10,15H,2-5H2,1H3. The summed E-state index contributed by atoms with van der Waals surface area (Å²) < 4.78 is 6.00. The number of fused-ring (bicyclic) bond motifs is 1. The highest BCUT2D eigenvalue weighted by Crippen LogP contribution is 2.42. The Morgan fingerprint density at radius 3 is 2.88 bits per heavy atom. The Hall–Kier alpha value is -1.03. The number of hydrogen-bond acceptors (Lipinski definition) is 3. The Morgan fingerprint density at radius 2 is 2.18 bits per heavy atom. The number of carbonyl (C=O) groups is 1. The SMILES string of the molecule is CCCCCC1OC(=O)c2c(Br)ccc(O)c21. The molecule has 0 saturated carbocycles. The summed E-state index contributed by atoms with van der Waals surface area (Å²) in [6.07, 6.45) is 3.72. The van der Waals surface area contributed by atoms with E-state index in [9.17, 15) is 9.90 Å². The highest BCUT2D eigenvalue weighted by molar-refractivity contribution is 9.10. The van der Waals surface area contributed by atoms with Gasteiger partial charge in [-0.1, -0.05) is 19.8 Å². The molecule has 1 atom stereocenters. The van der Waals surface area contributed by atoms with Crippen molar-refractivity contribution < 1.29 is 14.6 Å². The molecule has 4 heteroatoms. The molecule has 0 aliphatic carbocycles. The second-order valence-corrected chi connectivity index (χ2v) is 5.10. The van der Waals surface area contributed by atoms with Crippen molar-refractivity contribution in [1.29, 1.82) is 0 Å². The Bertz CT molecular complexity index is 443. The van der Waals surface area contributed by atoms with Gasteiger partial charge in [0.1, 0.15) is 11.9 Å². The minimum atomic E-state index is -0.343. The molecular weight excluding hydrogens is 284 g/mol. The molecule has 2 rings (SSSR count). The number of phenolic OH excluding ortho intramolecular Hbond substituents is 1. The van der Waals surface area contributed by atoms with E-state index in [1.807, 2.05) is 0 Å². The Labute approximate surface area is 109 Å². The predicted molar refractivity (Wildman–Crippen MR) is 68.1 cm³/mol. The van der Waals surface area contributed by atoms with E-state index in [4.69, 9.17) is 4.74 Å². The fourth-order valence-electron chi connectivity index (χ4n) is 2.15. The number of halogens is 1. The molecule has 0 fully saturated rings. The van der Waals surface area contributed by atoms with Crippen molar-refractivity contribution in [2.75, 3.05) is 0 Å². The van der Waals surface area contributed by atoms with Crippen LogP contribution in [0.25, 0.3) is 0 Å². The van der Waals surface area contributed by atoms with Crippen LogP contribution in [-0.4, -0.2) is 11.1 Å². The number of phenols is 1. The van der Waals surface area contributed by atoms with Gasteiger partial charge in [0.15, 0.2) is 0 Å². The molecular formula is C13H15BrO3. The van der Waals surface area contributed by atoms with Crippen molar-refractivity contribution in [1.82, 2.24) is 0 Å². The molecule has 0 saturated heterocycles. The molecule has 1 N–H and O–H groups in total. The number of ether oxygens (including phenoxy) is 1. The first-order valence-corrected chi connectivity index (χ1v) is 6.66. The number of hydrogen-bond donors (Lipinski definition) is 1. The van der Waals surface area contributed by atoms with Crippen LogP contribution >= 0.6 is 15.9 Å². The molecule has 3 nitrogen and oxygen atoms in total. The summed E-state index contributed by atoms with van der Waals surface area (Å²) in [7, 11) is 0. The van der Waals surface area contributed by atoms with Gasteiger partial charge in [-0.15, -0.1) is 0 Å². The van der Waals surface area contributed by atoms with Crippen molar-refractivity contribution in [3.63, 3.8) is 0 Å². The molecule has 1 aliphatic rings. The van der Waals surface area contributed by atoms with Crippen molar-refractivity contribution >= 4 is 21.9 Å². The number of rotatable bonds is 4. The Morgan fingerprint density at radius 1 is 1.41 bits per heavy atom. The Kier molecular flexibility index (Phi) is 3.72. The first kappa shape index (κ1) is 12.4.